The van der Waals surface area contributed by atoms with Crippen molar-refractivity contribution in [2.75, 3.05) is 5.32 Å². The number of aromatic nitrogens is 1. The topological polar surface area (TPSA) is 74.2 Å². The Morgan fingerprint density at radius 2 is 1.90 bits per heavy atom. The maximum absolute atomic E-state index is 12.3. The maximum atomic E-state index is 12.3. The molecule has 0 aliphatic heterocycles. The first-order chi connectivity index (χ1) is 9.84. The molecule has 1 fully saturated rings. The molecule has 116 valence electrons. The first-order valence-electron chi connectivity index (χ1n) is 6.63. The van der Waals surface area contributed by atoms with Crippen LogP contribution in [0.15, 0.2) is 18.3 Å². The number of nitrogens with one attached hydrogen (secondary N) is 2. The average Bonchev–Trinajstić information content (AvgIpc) is 2.41. The van der Waals surface area contributed by atoms with Crippen molar-refractivity contribution < 1.29 is 23.1 Å². The Balaban J connectivity index is 1.85. The van der Waals surface area contributed by atoms with E-state index in [1.165, 1.54) is 0 Å². The molecule has 1 aliphatic rings. The molecule has 2 amide bonds. The van der Waals surface area contributed by atoms with Crippen LogP contribution in [0.3, 0.4) is 0 Å². The van der Waals surface area contributed by atoms with E-state index in [9.17, 15) is 23.1 Å². The van der Waals surface area contributed by atoms with Gasteiger partial charge in [-0.2, -0.15) is 13.2 Å². The van der Waals surface area contributed by atoms with Gasteiger partial charge in [0.25, 0.3) is 0 Å². The van der Waals surface area contributed by atoms with Crippen LogP contribution in [0.2, 0.25) is 0 Å². The van der Waals surface area contributed by atoms with E-state index in [-0.39, 0.29) is 17.8 Å². The van der Waals surface area contributed by atoms with Crippen LogP contribution in [0, 0.1) is 0 Å². The minimum absolute atomic E-state index is 0.0317. The summed E-state index contributed by atoms with van der Waals surface area (Å²) < 4.78 is 37.0. The lowest BCUT2D eigenvalue weighted by molar-refractivity contribution is -0.141. The summed E-state index contributed by atoms with van der Waals surface area (Å²) in [6.07, 6.45) is -1.22. The summed E-state index contributed by atoms with van der Waals surface area (Å²) in [4.78, 5) is 15.0. The number of hydrogen-bond acceptors (Lipinski definition) is 3. The molecule has 0 spiro atoms. The molecule has 0 atom stereocenters. The van der Waals surface area contributed by atoms with E-state index in [2.05, 4.69) is 15.6 Å². The molecule has 0 radical (unpaired) electrons. The molecule has 3 N–H and O–H groups in total. The van der Waals surface area contributed by atoms with Gasteiger partial charge in [0.2, 0.25) is 0 Å². The summed E-state index contributed by atoms with van der Waals surface area (Å²) in [5.74, 6) is 0. The van der Waals surface area contributed by atoms with Crippen LogP contribution in [0.25, 0.3) is 0 Å². The van der Waals surface area contributed by atoms with Gasteiger partial charge in [0.05, 0.1) is 18.0 Å². The van der Waals surface area contributed by atoms with Gasteiger partial charge in [0, 0.05) is 6.04 Å². The third kappa shape index (κ3) is 4.59. The predicted octanol–water partition coefficient (Wildman–Crippen LogP) is 2.53. The highest BCUT2D eigenvalue weighted by atomic mass is 19.4. The second kappa shape index (κ2) is 6.30. The van der Waals surface area contributed by atoms with Crippen LogP contribution >= 0.6 is 0 Å². The average molecular weight is 303 g/mol. The summed E-state index contributed by atoms with van der Waals surface area (Å²) in [6.45, 7) is 0. The Bertz CT molecular complexity index is 482. The van der Waals surface area contributed by atoms with Gasteiger partial charge in [-0.1, -0.05) is 0 Å². The van der Waals surface area contributed by atoms with Crippen LogP contribution < -0.4 is 10.6 Å². The van der Waals surface area contributed by atoms with Crippen molar-refractivity contribution in [3.8, 4) is 0 Å². The van der Waals surface area contributed by atoms with Crippen molar-refractivity contribution in [2.24, 2.45) is 0 Å². The largest absolute Gasteiger partial charge is 0.433 e. The molecule has 0 saturated heterocycles. The fraction of sp³-hybridized carbons (Fsp3) is 0.538. The van der Waals surface area contributed by atoms with Gasteiger partial charge in [-0.05, 0) is 37.8 Å². The van der Waals surface area contributed by atoms with Gasteiger partial charge in [0.1, 0.15) is 5.69 Å². The number of aliphatic hydroxyl groups excluding tert-OH is 1. The highest BCUT2D eigenvalue weighted by Gasteiger charge is 2.32. The van der Waals surface area contributed by atoms with E-state index in [1.807, 2.05) is 0 Å². The van der Waals surface area contributed by atoms with E-state index in [1.54, 1.807) is 0 Å². The molecular weight excluding hydrogens is 287 g/mol. The molecule has 2 rings (SSSR count). The molecule has 1 aliphatic carbocycles. The minimum Gasteiger partial charge on any atom is -0.393 e. The predicted molar refractivity (Wildman–Crippen MR) is 69.7 cm³/mol. The van der Waals surface area contributed by atoms with Crippen LogP contribution in [-0.2, 0) is 6.18 Å². The zero-order chi connectivity index (χ0) is 15.5. The molecule has 21 heavy (non-hydrogen) atoms. The third-order valence-electron chi connectivity index (χ3n) is 3.34. The normalized spacial score (nSPS) is 22.7. The van der Waals surface area contributed by atoms with Crippen molar-refractivity contribution >= 4 is 11.7 Å². The Labute approximate surface area is 119 Å². The number of nitrogens with zero attached hydrogens (tertiary/aromatic N) is 1. The summed E-state index contributed by atoms with van der Waals surface area (Å²) in [5, 5.41) is 14.5. The Morgan fingerprint density at radius 3 is 2.43 bits per heavy atom. The molecular formula is C13H16F3N3O2. The number of anilines is 1. The molecule has 0 aromatic carbocycles. The van der Waals surface area contributed by atoms with Crippen molar-refractivity contribution in [2.45, 2.75) is 44.0 Å². The number of hydrogen-bond donors (Lipinski definition) is 3. The van der Waals surface area contributed by atoms with Crippen molar-refractivity contribution in [1.29, 1.82) is 0 Å². The first-order valence-corrected chi connectivity index (χ1v) is 6.63. The highest BCUT2D eigenvalue weighted by molar-refractivity contribution is 5.89. The molecule has 8 heteroatoms. The van der Waals surface area contributed by atoms with Gasteiger partial charge in [-0.25, -0.2) is 9.78 Å². The molecule has 5 nitrogen and oxygen atoms in total. The smallest absolute Gasteiger partial charge is 0.393 e. The standard InChI is InChI=1S/C13H16F3N3O2/c14-13(15,16)11-6-3-9(7-17-11)19-12(21)18-8-1-4-10(20)5-2-8/h3,6-8,10,20H,1-2,4-5H2,(H2,18,19,21). The van der Waals surface area contributed by atoms with Crippen LogP contribution in [-0.4, -0.2) is 28.3 Å². The summed E-state index contributed by atoms with van der Waals surface area (Å²) in [6, 6.07) is 1.45. The number of rotatable bonds is 2. The van der Waals surface area contributed by atoms with E-state index in [4.69, 9.17) is 0 Å². The van der Waals surface area contributed by atoms with E-state index < -0.39 is 17.9 Å². The zero-order valence-corrected chi connectivity index (χ0v) is 11.2. The second-order valence-electron chi connectivity index (χ2n) is 5.03. The van der Waals surface area contributed by atoms with Crippen LogP contribution in [0.1, 0.15) is 31.4 Å². The van der Waals surface area contributed by atoms with Crippen molar-refractivity contribution in [3.63, 3.8) is 0 Å². The highest BCUT2D eigenvalue weighted by Crippen LogP contribution is 2.27. The quantitative estimate of drug-likeness (QED) is 0.786. The first kappa shape index (κ1) is 15.6. The van der Waals surface area contributed by atoms with Crippen molar-refractivity contribution in [1.82, 2.24) is 10.3 Å². The van der Waals surface area contributed by atoms with E-state index >= 15 is 0 Å². The van der Waals surface area contributed by atoms with Gasteiger partial charge in [-0.3, -0.25) is 0 Å². The number of halogens is 3. The van der Waals surface area contributed by atoms with Gasteiger partial charge < -0.3 is 15.7 Å². The molecule has 1 saturated carbocycles. The fourth-order valence-corrected chi connectivity index (χ4v) is 2.21. The third-order valence-corrected chi connectivity index (χ3v) is 3.34. The lowest BCUT2D eigenvalue weighted by Gasteiger charge is -2.26. The number of amides is 2. The molecule has 0 unspecified atom stereocenters. The lowest BCUT2D eigenvalue weighted by atomic mass is 9.93. The number of carbonyl (C=O) groups excluding carboxylic acids is 1. The summed E-state index contributed by atoms with van der Waals surface area (Å²) in [7, 11) is 0. The number of alkyl halides is 3. The minimum atomic E-state index is -4.50. The Hall–Kier alpha value is -1.83. The Kier molecular flexibility index (Phi) is 4.66. The maximum Gasteiger partial charge on any atom is 0.433 e. The number of carbonyl (C=O) groups is 1. The van der Waals surface area contributed by atoms with Gasteiger partial charge in [0.15, 0.2) is 0 Å². The number of pyridine rings is 1. The monoisotopic (exact) mass is 303 g/mol. The zero-order valence-electron chi connectivity index (χ0n) is 11.2. The summed E-state index contributed by atoms with van der Waals surface area (Å²) in [5.41, 5.74) is -0.814. The molecule has 0 bridgehead atoms. The van der Waals surface area contributed by atoms with E-state index in [0.717, 1.165) is 18.3 Å². The summed E-state index contributed by atoms with van der Waals surface area (Å²) >= 11 is 0. The van der Waals surface area contributed by atoms with Crippen LogP contribution in [0.4, 0.5) is 23.7 Å². The fourth-order valence-electron chi connectivity index (χ4n) is 2.21. The van der Waals surface area contributed by atoms with Crippen molar-refractivity contribution in [3.05, 3.63) is 24.0 Å². The molecule has 1 aromatic rings. The van der Waals surface area contributed by atoms with Gasteiger partial charge >= 0.3 is 12.2 Å². The molecule has 1 aromatic heterocycles. The van der Waals surface area contributed by atoms with Gasteiger partial charge in [-0.15, -0.1) is 0 Å². The number of aliphatic hydroxyl groups is 1. The van der Waals surface area contributed by atoms with Crippen LogP contribution in [0.5, 0.6) is 0 Å². The van der Waals surface area contributed by atoms with E-state index in [0.29, 0.717) is 25.7 Å². The lowest BCUT2D eigenvalue weighted by Crippen LogP contribution is -2.40. The Morgan fingerprint density at radius 1 is 1.24 bits per heavy atom. The second-order valence-corrected chi connectivity index (χ2v) is 5.03. The number of urea groups is 1. The molecule has 1 heterocycles. The SMILES string of the molecule is O=C(Nc1ccc(C(F)(F)F)nc1)NC1CCC(O)CC1.